The summed E-state index contributed by atoms with van der Waals surface area (Å²) >= 11 is 0. The Morgan fingerprint density at radius 2 is 1.97 bits per heavy atom. The van der Waals surface area contributed by atoms with Crippen LogP contribution in [-0.2, 0) is 0 Å². The molecule has 2 saturated carbocycles. The molecule has 0 spiro atoms. The van der Waals surface area contributed by atoms with Crippen LogP contribution in [0.15, 0.2) is 42.4 Å². The van der Waals surface area contributed by atoms with E-state index in [1.807, 2.05) is 7.05 Å². The van der Waals surface area contributed by atoms with Crippen molar-refractivity contribution in [3.05, 3.63) is 42.4 Å². The smallest absolute Gasteiger partial charge is 0.145 e. The maximum Gasteiger partial charge on any atom is 0.145 e. The van der Waals surface area contributed by atoms with Gasteiger partial charge in [-0.25, -0.2) is 9.97 Å². The minimum Gasteiger partial charge on any atom is -0.391 e. The number of aliphatic hydroxyl groups is 1. The molecular formula is C27H39N5O. The molecule has 33 heavy (non-hydrogen) atoms. The van der Waals surface area contributed by atoms with Gasteiger partial charge in [0.25, 0.3) is 0 Å². The summed E-state index contributed by atoms with van der Waals surface area (Å²) in [7, 11) is 1.88. The molecular weight excluding hydrogens is 410 g/mol. The lowest BCUT2D eigenvalue weighted by Crippen LogP contribution is -2.34. The molecule has 0 aliphatic heterocycles. The van der Waals surface area contributed by atoms with Crippen molar-refractivity contribution in [2.24, 2.45) is 23.7 Å². The number of anilines is 1. The van der Waals surface area contributed by atoms with E-state index in [0.717, 1.165) is 61.0 Å². The normalized spacial score (nSPS) is 31.5. The van der Waals surface area contributed by atoms with Crippen molar-refractivity contribution in [2.45, 2.75) is 64.0 Å². The Morgan fingerprint density at radius 1 is 1.12 bits per heavy atom. The lowest BCUT2D eigenvalue weighted by molar-refractivity contribution is 0.129. The van der Waals surface area contributed by atoms with Gasteiger partial charge in [-0.05, 0) is 87.8 Å². The minimum absolute atomic E-state index is 0.121. The third-order valence-corrected chi connectivity index (χ3v) is 8.06. The van der Waals surface area contributed by atoms with E-state index in [2.05, 4.69) is 62.6 Å². The van der Waals surface area contributed by atoms with Crippen LogP contribution in [0.5, 0.6) is 0 Å². The van der Waals surface area contributed by atoms with E-state index in [1.165, 1.54) is 31.3 Å². The molecule has 4 atom stereocenters. The molecule has 6 heteroatoms. The second-order valence-corrected chi connectivity index (χ2v) is 10.7. The van der Waals surface area contributed by atoms with Crippen molar-refractivity contribution in [1.82, 2.24) is 19.9 Å². The van der Waals surface area contributed by atoms with E-state index in [1.54, 1.807) is 6.33 Å². The molecule has 0 bridgehead atoms. The third kappa shape index (κ3) is 5.02. The monoisotopic (exact) mass is 449 g/mol. The SMILES string of the molecule is CNc1ncnc2c1ccn2C1CC(CC2CC(CNCCC3=CC(C)CC=C3)C2)C[C@H]1O. The number of fused-ring (bicyclic) bond motifs is 1. The average Bonchev–Trinajstić information content (AvgIpc) is 3.37. The van der Waals surface area contributed by atoms with Crippen LogP contribution in [-0.4, -0.2) is 45.9 Å². The van der Waals surface area contributed by atoms with Gasteiger partial charge in [-0.1, -0.05) is 30.7 Å². The number of nitrogens with one attached hydrogen (secondary N) is 2. The Labute approximate surface area is 197 Å². The highest BCUT2D eigenvalue weighted by atomic mass is 16.3. The molecule has 0 saturated heterocycles. The summed E-state index contributed by atoms with van der Waals surface area (Å²) < 4.78 is 2.17. The number of aromatic nitrogens is 3. The third-order valence-electron chi connectivity index (χ3n) is 8.06. The molecule has 178 valence electrons. The molecule has 0 radical (unpaired) electrons. The topological polar surface area (TPSA) is 75.0 Å². The molecule has 3 unspecified atom stereocenters. The molecule has 6 nitrogen and oxygen atoms in total. The Morgan fingerprint density at radius 3 is 2.79 bits per heavy atom. The van der Waals surface area contributed by atoms with Gasteiger partial charge in [0.1, 0.15) is 17.8 Å². The zero-order chi connectivity index (χ0) is 22.8. The van der Waals surface area contributed by atoms with Gasteiger partial charge >= 0.3 is 0 Å². The maximum absolute atomic E-state index is 10.8. The zero-order valence-corrected chi connectivity index (χ0v) is 20.1. The van der Waals surface area contributed by atoms with Crippen molar-refractivity contribution in [1.29, 1.82) is 0 Å². The van der Waals surface area contributed by atoms with E-state index in [-0.39, 0.29) is 12.1 Å². The quantitative estimate of drug-likeness (QED) is 0.484. The highest BCUT2D eigenvalue weighted by Gasteiger charge is 2.38. The highest BCUT2D eigenvalue weighted by molar-refractivity contribution is 5.87. The summed E-state index contributed by atoms with van der Waals surface area (Å²) in [4.78, 5) is 8.82. The lowest BCUT2D eigenvalue weighted by Gasteiger charge is -2.37. The fraction of sp³-hybridized carbons (Fsp3) is 0.630. The molecule has 2 aromatic rings. The Kier molecular flexibility index (Phi) is 6.84. The number of rotatable bonds is 9. The summed E-state index contributed by atoms with van der Waals surface area (Å²) in [6.07, 6.45) is 18.7. The van der Waals surface area contributed by atoms with Crippen molar-refractivity contribution in [3.63, 3.8) is 0 Å². The molecule has 2 heterocycles. The van der Waals surface area contributed by atoms with Gasteiger partial charge < -0.3 is 20.3 Å². The largest absolute Gasteiger partial charge is 0.391 e. The van der Waals surface area contributed by atoms with Crippen LogP contribution in [0.1, 0.15) is 57.9 Å². The number of hydrogen-bond donors (Lipinski definition) is 3. The van der Waals surface area contributed by atoms with Gasteiger partial charge in [0, 0.05) is 13.2 Å². The molecule has 3 aliphatic rings. The molecule has 2 aromatic heterocycles. The molecule has 0 aromatic carbocycles. The van der Waals surface area contributed by atoms with Crippen LogP contribution in [0.4, 0.5) is 5.82 Å². The van der Waals surface area contributed by atoms with Crippen molar-refractivity contribution in [2.75, 3.05) is 25.5 Å². The number of allylic oxidation sites excluding steroid dienone is 3. The first-order chi connectivity index (χ1) is 16.1. The first kappa shape index (κ1) is 22.6. The fourth-order valence-electron chi connectivity index (χ4n) is 6.36. The Hall–Kier alpha value is -2.18. The summed E-state index contributed by atoms with van der Waals surface area (Å²) in [6.45, 7) is 4.54. The van der Waals surface area contributed by atoms with Crippen molar-refractivity contribution >= 4 is 16.9 Å². The van der Waals surface area contributed by atoms with Gasteiger partial charge in [-0.3, -0.25) is 0 Å². The Balaban J connectivity index is 1.05. The van der Waals surface area contributed by atoms with Crippen LogP contribution in [0.3, 0.4) is 0 Å². The number of hydrogen-bond acceptors (Lipinski definition) is 5. The van der Waals surface area contributed by atoms with E-state index >= 15 is 0 Å². The standard InChI is InChI=1S/C27H39N5O/c1-18-4-3-5-19(10-18)6-8-29-16-22-12-20(13-22)11-21-14-24(25(33)15-21)32-9-7-23-26(28-2)30-17-31-27(23)32/h3,5,7,9-10,17-18,20-22,24-25,29,33H,4,6,8,11-16H2,1-2H3,(H,28,30,31)/t18?,20?,21?,22?,24?,25-/m1/s1. The maximum atomic E-state index is 10.8. The second-order valence-electron chi connectivity index (χ2n) is 10.7. The van der Waals surface area contributed by atoms with Crippen LogP contribution >= 0.6 is 0 Å². The second kappa shape index (κ2) is 9.98. The summed E-state index contributed by atoms with van der Waals surface area (Å²) in [5.74, 6) is 3.81. The Bertz CT molecular complexity index is 1010. The predicted octanol–water partition coefficient (Wildman–Crippen LogP) is 4.70. The van der Waals surface area contributed by atoms with E-state index in [4.69, 9.17) is 0 Å². The fourth-order valence-corrected chi connectivity index (χ4v) is 6.36. The molecule has 2 fully saturated rings. The average molecular weight is 450 g/mol. The van der Waals surface area contributed by atoms with Crippen LogP contribution in [0.2, 0.25) is 0 Å². The van der Waals surface area contributed by atoms with Gasteiger partial charge in [-0.2, -0.15) is 0 Å². The van der Waals surface area contributed by atoms with Crippen LogP contribution in [0, 0.1) is 23.7 Å². The first-order valence-corrected chi connectivity index (χ1v) is 12.9. The number of nitrogens with zero attached hydrogens (tertiary/aromatic N) is 3. The highest BCUT2D eigenvalue weighted by Crippen LogP contribution is 2.45. The van der Waals surface area contributed by atoms with E-state index in [9.17, 15) is 5.11 Å². The van der Waals surface area contributed by atoms with Gasteiger partial charge in [0.05, 0.1) is 17.5 Å². The molecule has 5 rings (SSSR count). The van der Waals surface area contributed by atoms with Gasteiger partial charge in [-0.15, -0.1) is 0 Å². The first-order valence-electron chi connectivity index (χ1n) is 12.9. The molecule has 3 aliphatic carbocycles. The zero-order valence-electron chi connectivity index (χ0n) is 20.1. The van der Waals surface area contributed by atoms with Gasteiger partial charge in [0.2, 0.25) is 0 Å². The summed E-state index contributed by atoms with van der Waals surface area (Å²) in [5.41, 5.74) is 2.41. The molecule has 0 amide bonds. The van der Waals surface area contributed by atoms with Crippen LogP contribution in [0.25, 0.3) is 11.0 Å². The predicted molar refractivity (Wildman–Crippen MR) is 134 cm³/mol. The summed E-state index contributed by atoms with van der Waals surface area (Å²) in [5, 5.41) is 18.7. The number of aliphatic hydroxyl groups excluding tert-OH is 1. The van der Waals surface area contributed by atoms with Gasteiger partial charge in [0.15, 0.2) is 0 Å². The van der Waals surface area contributed by atoms with Crippen molar-refractivity contribution in [3.8, 4) is 0 Å². The summed E-state index contributed by atoms with van der Waals surface area (Å²) in [6, 6.07) is 2.18. The lowest BCUT2D eigenvalue weighted by atomic mass is 9.70. The van der Waals surface area contributed by atoms with Crippen LogP contribution < -0.4 is 10.6 Å². The van der Waals surface area contributed by atoms with E-state index < -0.39 is 0 Å². The molecule has 3 N–H and O–H groups in total. The van der Waals surface area contributed by atoms with E-state index in [0.29, 0.717) is 11.8 Å². The minimum atomic E-state index is -0.290. The van der Waals surface area contributed by atoms with Crippen molar-refractivity contribution < 1.29 is 5.11 Å².